The van der Waals surface area contributed by atoms with Crippen LogP contribution in [0.5, 0.6) is 0 Å². The number of benzene rings is 2. The van der Waals surface area contributed by atoms with Gasteiger partial charge in [-0.25, -0.2) is 9.78 Å². The van der Waals surface area contributed by atoms with Crippen LogP contribution in [0.25, 0.3) is 22.4 Å². The van der Waals surface area contributed by atoms with Gasteiger partial charge >= 0.3 is 5.63 Å². The monoisotopic (exact) mass is 463 g/mol. The number of hydrogen-bond acceptors (Lipinski definition) is 6. The van der Waals surface area contributed by atoms with Crippen molar-refractivity contribution in [3.05, 3.63) is 86.6 Å². The van der Waals surface area contributed by atoms with Gasteiger partial charge in [0, 0.05) is 50.7 Å². The molecule has 2 aromatic heterocycles. The predicted molar refractivity (Wildman–Crippen MR) is 129 cm³/mol. The minimum atomic E-state index is -0.294. The fourth-order valence-electron chi connectivity index (χ4n) is 4.35. The quantitative estimate of drug-likeness (QED) is 0.386. The van der Waals surface area contributed by atoms with Crippen LogP contribution in [0.3, 0.4) is 0 Å². The van der Waals surface area contributed by atoms with Crippen LogP contribution in [-0.4, -0.2) is 41.0 Å². The molecule has 1 aliphatic rings. The summed E-state index contributed by atoms with van der Waals surface area (Å²) < 4.78 is 11.3. The number of aryl methyl sites for hydroxylation is 2. The van der Waals surface area contributed by atoms with Gasteiger partial charge in [-0.15, -0.1) is 0 Å². The molecule has 0 N–H and O–H groups in total. The Morgan fingerprint density at radius 1 is 0.939 bits per heavy atom. The number of rotatable bonds is 5. The van der Waals surface area contributed by atoms with Gasteiger partial charge in [0.05, 0.1) is 16.3 Å². The van der Waals surface area contributed by atoms with Crippen LogP contribution in [-0.2, 0) is 13.1 Å². The Morgan fingerprint density at radius 2 is 1.67 bits per heavy atom. The van der Waals surface area contributed by atoms with E-state index in [2.05, 4.69) is 15.9 Å². The Hall–Kier alpha value is -2.93. The van der Waals surface area contributed by atoms with Crippen molar-refractivity contribution in [2.75, 3.05) is 26.2 Å². The molecule has 1 aliphatic heterocycles. The van der Waals surface area contributed by atoms with Crippen molar-refractivity contribution < 1.29 is 8.83 Å². The molecule has 4 aromatic rings. The van der Waals surface area contributed by atoms with Gasteiger partial charge in [-0.05, 0) is 43.2 Å². The van der Waals surface area contributed by atoms with Crippen LogP contribution in [0, 0.1) is 13.8 Å². The summed E-state index contributed by atoms with van der Waals surface area (Å²) in [7, 11) is 0. The number of piperazine rings is 1. The minimum absolute atomic E-state index is 0.294. The van der Waals surface area contributed by atoms with Crippen LogP contribution in [0.2, 0.25) is 5.02 Å². The third kappa shape index (κ3) is 4.74. The van der Waals surface area contributed by atoms with Crippen molar-refractivity contribution in [1.29, 1.82) is 0 Å². The molecule has 0 spiro atoms. The number of nitrogens with zero attached hydrogens (tertiary/aromatic N) is 3. The van der Waals surface area contributed by atoms with Crippen molar-refractivity contribution in [3.63, 3.8) is 0 Å². The molecular weight excluding hydrogens is 438 g/mol. The molecule has 1 saturated heterocycles. The first-order valence-electron chi connectivity index (χ1n) is 11.2. The van der Waals surface area contributed by atoms with Gasteiger partial charge in [0.25, 0.3) is 0 Å². The largest absolute Gasteiger partial charge is 0.441 e. The van der Waals surface area contributed by atoms with Crippen LogP contribution >= 0.6 is 11.6 Å². The van der Waals surface area contributed by atoms with Crippen molar-refractivity contribution in [3.8, 4) is 11.5 Å². The first-order valence-corrected chi connectivity index (χ1v) is 11.5. The van der Waals surface area contributed by atoms with Crippen LogP contribution < -0.4 is 5.63 Å². The van der Waals surface area contributed by atoms with E-state index < -0.39 is 0 Å². The lowest BCUT2D eigenvalue weighted by Crippen LogP contribution is -2.45. The molecule has 0 saturated carbocycles. The summed E-state index contributed by atoms with van der Waals surface area (Å²) in [5, 5.41) is 1.64. The van der Waals surface area contributed by atoms with Gasteiger partial charge < -0.3 is 8.83 Å². The van der Waals surface area contributed by atoms with Crippen molar-refractivity contribution in [2.45, 2.75) is 26.9 Å². The summed E-state index contributed by atoms with van der Waals surface area (Å²) in [5.74, 6) is 1.39. The fraction of sp³-hybridized carbons (Fsp3) is 0.308. The van der Waals surface area contributed by atoms with Gasteiger partial charge in [-0.1, -0.05) is 35.9 Å². The normalized spacial score (nSPS) is 15.4. The van der Waals surface area contributed by atoms with E-state index in [1.165, 1.54) is 0 Å². The lowest BCUT2D eigenvalue weighted by atomic mass is 10.1. The molecule has 0 atom stereocenters. The highest BCUT2D eigenvalue weighted by atomic mass is 35.5. The van der Waals surface area contributed by atoms with Gasteiger partial charge in [0.1, 0.15) is 11.3 Å². The lowest BCUT2D eigenvalue weighted by Gasteiger charge is -2.34. The zero-order valence-electron chi connectivity index (χ0n) is 18.8. The number of hydrogen-bond donors (Lipinski definition) is 0. The second-order valence-corrected chi connectivity index (χ2v) is 9.05. The Bertz CT molecular complexity index is 1350. The zero-order chi connectivity index (χ0) is 22.9. The van der Waals surface area contributed by atoms with E-state index >= 15 is 0 Å². The lowest BCUT2D eigenvalue weighted by molar-refractivity contribution is 0.121. The third-order valence-corrected chi connectivity index (χ3v) is 6.54. The second kappa shape index (κ2) is 9.14. The highest BCUT2D eigenvalue weighted by Gasteiger charge is 2.21. The van der Waals surface area contributed by atoms with Crippen LogP contribution in [0.1, 0.15) is 22.6 Å². The smallest absolute Gasteiger partial charge is 0.336 e. The maximum absolute atomic E-state index is 12.1. The first-order chi connectivity index (χ1) is 16.0. The van der Waals surface area contributed by atoms with Crippen molar-refractivity contribution in [1.82, 2.24) is 14.8 Å². The number of halogens is 1. The van der Waals surface area contributed by atoms with E-state index in [1.54, 1.807) is 6.07 Å². The number of oxazole rings is 1. The Morgan fingerprint density at radius 3 is 2.42 bits per heavy atom. The summed E-state index contributed by atoms with van der Waals surface area (Å²) in [6.45, 7) is 9.11. The molecule has 3 heterocycles. The molecule has 7 heteroatoms. The zero-order valence-corrected chi connectivity index (χ0v) is 19.6. The molecule has 0 bridgehead atoms. The van der Waals surface area contributed by atoms with E-state index in [-0.39, 0.29) is 5.63 Å². The highest BCUT2D eigenvalue weighted by molar-refractivity contribution is 6.33. The molecular formula is C26H26ClN3O3. The van der Waals surface area contributed by atoms with Crippen LogP contribution in [0.4, 0.5) is 0 Å². The van der Waals surface area contributed by atoms with E-state index in [4.69, 9.17) is 25.4 Å². The summed E-state index contributed by atoms with van der Waals surface area (Å²) in [4.78, 5) is 21.5. The maximum atomic E-state index is 12.1. The molecule has 1 fully saturated rings. The van der Waals surface area contributed by atoms with E-state index in [0.717, 1.165) is 72.8 Å². The first kappa shape index (κ1) is 21.9. The summed E-state index contributed by atoms with van der Waals surface area (Å²) in [6, 6.07) is 15.2. The Kier molecular flexibility index (Phi) is 6.06. The van der Waals surface area contributed by atoms with Crippen molar-refractivity contribution in [2.24, 2.45) is 0 Å². The van der Waals surface area contributed by atoms with Gasteiger partial charge in [-0.2, -0.15) is 0 Å². The Balaban J connectivity index is 1.24. The maximum Gasteiger partial charge on any atom is 0.336 e. The summed E-state index contributed by atoms with van der Waals surface area (Å²) in [5.41, 5.74) is 4.22. The van der Waals surface area contributed by atoms with E-state index in [1.807, 2.05) is 50.2 Å². The number of fused-ring (bicyclic) bond motifs is 1. The molecule has 6 nitrogen and oxygen atoms in total. The average molecular weight is 464 g/mol. The third-order valence-electron chi connectivity index (χ3n) is 6.21. The van der Waals surface area contributed by atoms with Gasteiger partial charge in [0.2, 0.25) is 5.89 Å². The van der Waals surface area contributed by atoms with Gasteiger partial charge in [-0.3, -0.25) is 9.80 Å². The fourth-order valence-corrected chi connectivity index (χ4v) is 4.57. The molecule has 0 unspecified atom stereocenters. The Labute approximate surface area is 197 Å². The molecule has 0 radical (unpaired) electrons. The highest BCUT2D eigenvalue weighted by Crippen LogP contribution is 2.29. The molecule has 5 rings (SSSR count). The number of aromatic nitrogens is 1. The molecule has 0 amide bonds. The molecule has 2 aromatic carbocycles. The average Bonchev–Trinajstić information content (AvgIpc) is 3.15. The predicted octanol–water partition coefficient (Wildman–Crippen LogP) is 5.04. The molecule has 0 aliphatic carbocycles. The topological polar surface area (TPSA) is 62.7 Å². The van der Waals surface area contributed by atoms with Gasteiger partial charge in [0.15, 0.2) is 0 Å². The van der Waals surface area contributed by atoms with E-state index in [9.17, 15) is 4.79 Å². The van der Waals surface area contributed by atoms with Crippen LogP contribution in [0.15, 0.2) is 62.2 Å². The van der Waals surface area contributed by atoms with E-state index in [0.29, 0.717) is 16.5 Å². The molecule has 170 valence electrons. The summed E-state index contributed by atoms with van der Waals surface area (Å²) in [6.07, 6.45) is 0. The second-order valence-electron chi connectivity index (χ2n) is 8.64. The summed E-state index contributed by atoms with van der Waals surface area (Å²) >= 11 is 6.31. The van der Waals surface area contributed by atoms with Crippen molar-refractivity contribution >= 4 is 22.6 Å². The molecule has 33 heavy (non-hydrogen) atoms. The standard InChI is InChI=1S/C26H26ClN3O3/c1-17-7-8-20-19(14-25(31)33-24(20)13-17)15-29-9-11-30(12-10-29)16-23-18(2)32-26(28-23)21-5-3-4-6-22(21)27/h3-8,13-14H,9-12,15-16H2,1-2H3. The SMILES string of the molecule is Cc1ccc2c(CN3CCN(Cc4nc(-c5ccccc5Cl)oc4C)CC3)cc(=O)oc2c1. The minimum Gasteiger partial charge on any atom is -0.441 e.